The zero-order valence-corrected chi connectivity index (χ0v) is 13.6. The molecule has 3 aromatic rings. The van der Waals surface area contributed by atoms with Crippen LogP contribution in [-0.2, 0) is 11.3 Å². The molecule has 0 bridgehead atoms. The maximum Gasteiger partial charge on any atom is 0.245 e. The Balaban J connectivity index is 1.75. The molecule has 4 nitrogen and oxygen atoms in total. The lowest BCUT2D eigenvalue weighted by atomic mass is 10.1. The third kappa shape index (κ3) is 3.37. The van der Waals surface area contributed by atoms with Crippen LogP contribution in [0.3, 0.4) is 0 Å². The van der Waals surface area contributed by atoms with Crippen molar-refractivity contribution in [3.63, 3.8) is 0 Å². The van der Waals surface area contributed by atoms with Crippen LogP contribution >= 0.6 is 11.6 Å². The summed E-state index contributed by atoms with van der Waals surface area (Å²) in [4.78, 5) is 12.6. The van der Waals surface area contributed by atoms with Crippen LogP contribution in [0.5, 0.6) is 0 Å². The van der Waals surface area contributed by atoms with Crippen molar-refractivity contribution in [1.29, 1.82) is 0 Å². The van der Waals surface area contributed by atoms with Gasteiger partial charge in [0.25, 0.3) is 0 Å². The number of halogens is 1. The number of benzene rings is 2. The summed E-state index contributed by atoms with van der Waals surface area (Å²) in [7, 11) is 0. The Morgan fingerprint density at radius 3 is 2.70 bits per heavy atom. The van der Waals surface area contributed by atoms with Crippen LogP contribution in [-0.4, -0.2) is 15.7 Å². The lowest BCUT2D eigenvalue weighted by Gasteiger charge is -2.16. The Labute approximate surface area is 140 Å². The van der Waals surface area contributed by atoms with Crippen molar-refractivity contribution in [1.82, 2.24) is 15.1 Å². The number of rotatable bonds is 5. The highest BCUT2D eigenvalue weighted by molar-refractivity contribution is 6.30. The molecule has 0 spiro atoms. The van der Waals surface area contributed by atoms with Gasteiger partial charge in [-0.15, -0.1) is 0 Å². The summed E-state index contributed by atoms with van der Waals surface area (Å²) < 4.78 is 1.80. The standard InChI is InChI=1S/C18H18ClN3O/c1-2-16(22-17-6-4-3-5-14(17)12-21-22)18(23)20-11-13-7-9-15(19)10-8-13/h3-10,12,16H,2,11H2,1H3,(H,20,23). The lowest BCUT2D eigenvalue weighted by Crippen LogP contribution is -2.32. The Kier molecular flexibility index (Phi) is 4.63. The van der Waals surface area contributed by atoms with E-state index in [2.05, 4.69) is 10.4 Å². The van der Waals surface area contributed by atoms with Crippen LogP contribution in [0.1, 0.15) is 24.9 Å². The molecule has 23 heavy (non-hydrogen) atoms. The molecule has 1 N–H and O–H groups in total. The summed E-state index contributed by atoms with van der Waals surface area (Å²) in [6.07, 6.45) is 2.47. The van der Waals surface area contributed by atoms with Gasteiger partial charge in [-0.05, 0) is 30.2 Å². The minimum Gasteiger partial charge on any atom is -0.350 e. The van der Waals surface area contributed by atoms with E-state index in [1.807, 2.05) is 55.5 Å². The molecule has 1 heterocycles. The maximum absolute atomic E-state index is 12.6. The third-order valence-corrected chi connectivity index (χ3v) is 4.12. The molecule has 0 saturated carbocycles. The molecule has 1 amide bonds. The average Bonchev–Trinajstić information content (AvgIpc) is 2.99. The fourth-order valence-corrected chi connectivity index (χ4v) is 2.74. The number of para-hydroxylation sites is 1. The van der Waals surface area contributed by atoms with Crippen LogP contribution in [0.2, 0.25) is 5.02 Å². The van der Waals surface area contributed by atoms with Crippen LogP contribution in [0.4, 0.5) is 0 Å². The summed E-state index contributed by atoms with van der Waals surface area (Å²) >= 11 is 5.87. The normalized spacial score (nSPS) is 12.3. The first-order chi connectivity index (χ1) is 11.2. The van der Waals surface area contributed by atoms with Crippen molar-refractivity contribution < 1.29 is 4.79 Å². The fraction of sp³-hybridized carbons (Fsp3) is 0.222. The molecule has 5 heteroatoms. The Morgan fingerprint density at radius 2 is 1.96 bits per heavy atom. The quantitative estimate of drug-likeness (QED) is 0.771. The molecule has 0 fully saturated rings. The van der Waals surface area contributed by atoms with Gasteiger partial charge in [-0.1, -0.05) is 48.9 Å². The highest BCUT2D eigenvalue weighted by Gasteiger charge is 2.20. The number of hydrogen-bond donors (Lipinski definition) is 1. The van der Waals surface area contributed by atoms with Crippen LogP contribution in [0, 0.1) is 0 Å². The molecular weight excluding hydrogens is 310 g/mol. The number of nitrogens with one attached hydrogen (secondary N) is 1. The van der Waals surface area contributed by atoms with E-state index in [0.717, 1.165) is 16.5 Å². The van der Waals surface area contributed by atoms with Gasteiger partial charge in [0, 0.05) is 17.0 Å². The molecule has 118 valence electrons. The number of aromatic nitrogens is 2. The Morgan fingerprint density at radius 1 is 1.22 bits per heavy atom. The minimum atomic E-state index is -0.317. The third-order valence-electron chi connectivity index (χ3n) is 3.87. The van der Waals surface area contributed by atoms with Gasteiger partial charge in [-0.3, -0.25) is 9.48 Å². The van der Waals surface area contributed by atoms with E-state index < -0.39 is 0 Å². The fourth-order valence-electron chi connectivity index (χ4n) is 2.62. The lowest BCUT2D eigenvalue weighted by molar-refractivity contribution is -0.124. The van der Waals surface area contributed by atoms with Gasteiger partial charge in [-0.25, -0.2) is 0 Å². The molecule has 2 aromatic carbocycles. The molecule has 0 aliphatic heterocycles. The van der Waals surface area contributed by atoms with E-state index in [0.29, 0.717) is 18.0 Å². The number of fused-ring (bicyclic) bond motifs is 1. The molecule has 1 atom stereocenters. The first kappa shape index (κ1) is 15.6. The van der Waals surface area contributed by atoms with E-state index in [1.165, 1.54) is 0 Å². The van der Waals surface area contributed by atoms with Gasteiger partial charge in [0.2, 0.25) is 5.91 Å². The molecule has 3 rings (SSSR count). The number of carbonyl (C=O) groups excluding carboxylic acids is 1. The topological polar surface area (TPSA) is 46.9 Å². The second-order valence-corrected chi connectivity index (χ2v) is 5.85. The minimum absolute atomic E-state index is 0.0312. The Bertz CT molecular complexity index is 811. The molecule has 0 radical (unpaired) electrons. The van der Waals surface area contributed by atoms with Crippen molar-refractivity contribution in [2.45, 2.75) is 25.9 Å². The summed E-state index contributed by atoms with van der Waals surface area (Å²) in [5.41, 5.74) is 1.99. The van der Waals surface area contributed by atoms with Gasteiger partial charge >= 0.3 is 0 Å². The van der Waals surface area contributed by atoms with Gasteiger partial charge in [0.05, 0.1) is 11.7 Å². The van der Waals surface area contributed by atoms with Gasteiger partial charge in [-0.2, -0.15) is 5.10 Å². The van der Waals surface area contributed by atoms with Crippen LogP contribution < -0.4 is 5.32 Å². The highest BCUT2D eigenvalue weighted by Crippen LogP contribution is 2.20. The molecular formula is C18H18ClN3O. The van der Waals surface area contributed by atoms with E-state index in [1.54, 1.807) is 10.9 Å². The van der Waals surface area contributed by atoms with Crippen molar-refractivity contribution in [3.8, 4) is 0 Å². The average molecular weight is 328 g/mol. The maximum atomic E-state index is 12.6. The van der Waals surface area contributed by atoms with E-state index in [-0.39, 0.29) is 11.9 Å². The van der Waals surface area contributed by atoms with Crippen molar-refractivity contribution in [2.24, 2.45) is 0 Å². The van der Waals surface area contributed by atoms with E-state index in [9.17, 15) is 4.79 Å². The molecule has 0 aliphatic carbocycles. The second kappa shape index (κ2) is 6.84. The predicted octanol–water partition coefficient (Wildman–Crippen LogP) is 3.96. The molecule has 1 unspecified atom stereocenters. The smallest absolute Gasteiger partial charge is 0.245 e. The number of hydrogen-bond acceptors (Lipinski definition) is 2. The first-order valence-electron chi connectivity index (χ1n) is 7.63. The summed E-state index contributed by atoms with van der Waals surface area (Å²) in [5.74, 6) is -0.0312. The van der Waals surface area contributed by atoms with Crippen molar-refractivity contribution in [2.75, 3.05) is 0 Å². The molecule has 0 saturated heterocycles. The Hall–Kier alpha value is -2.33. The zero-order valence-electron chi connectivity index (χ0n) is 12.9. The van der Waals surface area contributed by atoms with E-state index >= 15 is 0 Å². The molecule has 1 aromatic heterocycles. The zero-order chi connectivity index (χ0) is 16.2. The van der Waals surface area contributed by atoms with Gasteiger partial charge < -0.3 is 5.32 Å². The van der Waals surface area contributed by atoms with Crippen LogP contribution in [0.15, 0.2) is 54.7 Å². The first-order valence-corrected chi connectivity index (χ1v) is 8.01. The summed E-state index contributed by atoms with van der Waals surface area (Å²) in [6, 6.07) is 15.0. The number of carbonyl (C=O) groups is 1. The van der Waals surface area contributed by atoms with Gasteiger partial charge in [0.1, 0.15) is 6.04 Å². The van der Waals surface area contributed by atoms with Crippen molar-refractivity contribution in [3.05, 3.63) is 65.3 Å². The predicted molar refractivity (Wildman–Crippen MR) is 92.4 cm³/mol. The number of nitrogens with zero attached hydrogens (tertiary/aromatic N) is 2. The number of amides is 1. The summed E-state index contributed by atoms with van der Waals surface area (Å²) in [5, 5.41) is 9.10. The molecule has 0 aliphatic rings. The second-order valence-electron chi connectivity index (χ2n) is 5.42. The van der Waals surface area contributed by atoms with Gasteiger partial charge in [0.15, 0.2) is 0 Å². The SMILES string of the molecule is CCC(C(=O)NCc1ccc(Cl)cc1)n1ncc2ccccc21. The monoisotopic (exact) mass is 327 g/mol. The van der Waals surface area contributed by atoms with E-state index in [4.69, 9.17) is 11.6 Å². The van der Waals surface area contributed by atoms with Crippen LogP contribution in [0.25, 0.3) is 10.9 Å². The largest absolute Gasteiger partial charge is 0.350 e. The summed E-state index contributed by atoms with van der Waals surface area (Å²) in [6.45, 7) is 2.47. The van der Waals surface area contributed by atoms with Crippen molar-refractivity contribution >= 4 is 28.4 Å². The highest BCUT2D eigenvalue weighted by atomic mass is 35.5.